The highest BCUT2D eigenvalue weighted by Gasteiger charge is 2.23. The van der Waals surface area contributed by atoms with E-state index >= 15 is 0 Å². The molecule has 1 atom stereocenters. The molecule has 1 aliphatic rings. The van der Waals surface area contributed by atoms with Gasteiger partial charge in [0.05, 0.1) is 18.2 Å². The summed E-state index contributed by atoms with van der Waals surface area (Å²) in [5.74, 6) is -2.07. The summed E-state index contributed by atoms with van der Waals surface area (Å²) in [4.78, 5) is 58.3. The fraction of sp³-hybridized carbons (Fsp3) is 0.375. The van der Waals surface area contributed by atoms with Crippen LogP contribution in [0.5, 0.6) is 0 Å². The van der Waals surface area contributed by atoms with Crippen molar-refractivity contribution < 1.29 is 19.2 Å². The van der Waals surface area contributed by atoms with E-state index in [1.54, 1.807) is 21.0 Å². The summed E-state index contributed by atoms with van der Waals surface area (Å²) in [5.41, 5.74) is 0.529. The molecule has 10 heteroatoms. The van der Waals surface area contributed by atoms with Gasteiger partial charge in [-0.15, -0.1) is 0 Å². The van der Waals surface area contributed by atoms with Crippen molar-refractivity contribution in [1.29, 1.82) is 0 Å². The Morgan fingerprint density at radius 2 is 1.96 bits per heavy atom. The van der Waals surface area contributed by atoms with Crippen LogP contribution in [0.3, 0.4) is 0 Å². The van der Waals surface area contributed by atoms with E-state index in [0.717, 1.165) is 11.3 Å². The second kappa shape index (κ2) is 8.00. The number of rotatable bonds is 5. The molecule has 0 saturated heterocycles. The zero-order valence-corrected chi connectivity index (χ0v) is 15.7. The van der Waals surface area contributed by atoms with E-state index in [9.17, 15) is 19.2 Å². The standard InChI is InChI=1S/C16H19N5O4S/c1-9-13(15(25)20(2)3)26-16(18-9)19-12(23)8-21(4)14(24)10-5-6-11(22)17-7-10/h5-7,10H,8H2,1-4H3,(H,18,19,23). The summed E-state index contributed by atoms with van der Waals surface area (Å²) in [6.07, 6.45) is 3.91. The smallest absolute Gasteiger partial charge is 0.269 e. The third kappa shape index (κ3) is 4.60. The lowest BCUT2D eigenvalue weighted by atomic mass is 10.1. The first-order valence-corrected chi connectivity index (χ1v) is 8.51. The van der Waals surface area contributed by atoms with Crippen molar-refractivity contribution in [2.45, 2.75) is 6.92 Å². The Kier molecular flexibility index (Phi) is 5.98. The number of carbonyl (C=O) groups excluding carboxylic acids is 4. The maximum absolute atomic E-state index is 12.2. The number of carbonyl (C=O) groups is 4. The fourth-order valence-corrected chi connectivity index (χ4v) is 3.14. The van der Waals surface area contributed by atoms with Gasteiger partial charge in [0.25, 0.3) is 11.8 Å². The van der Waals surface area contributed by atoms with Gasteiger partial charge < -0.3 is 15.1 Å². The first-order valence-electron chi connectivity index (χ1n) is 7.69. The van der Waals surface area contributed by atoms with Crippen LogP contribution in [0.4, 0.5) is 5.13 Å². The Bertz CT molecular complexity index is 796. The van der Waals surface area contributed by atoms with Gasteiger partial charge in [0.1, 0.15) is 4.88 Å². The number of aliphatic imine (C=N–C) groups is 1. The minimum atomic E-state index is -0.670. The largest absolute Gasteiger partial charge is 0.344 e. The van der Waals surface area contributed by atoms with Gasteiger partial charge in [-0.1, -0.05) is 17.4 Å². The molecule has 0 aliphatic carbocycles. The van der Waals surface area contributed by atoms with Gasteiger partial charge in [0.15, 0.2) is 5.13 Å². The predicted octanol–water partition coefficient (Wildman–Crippen LogP) is 0.334. The number of aromatic nitrogens is 1. The molecule has 1 N–H and O–H groups in total. The van der Waals surface area contributed by atoms with Crippen molar-refractivity contribution in [1.82, 2.24) is 14.8 Å². The summed E-state index contributed by atoms with van der Waals surface area (Å²) < 4.78 is 0. The molecule has 0 saturated carbocycles. The van der Waals surface area contributed by atoms with E-state index < -0.39 is 17.7 Å². The van der Waals surface area contributed by atoms with Gasteiger partial charge >= 0.3 is 0 Å². The number of hydrogen-bond donors (Lipinski definition) is 1. The number of hydrogen-bond acceptors (Lipinski definition) is 6. The molecule has 2 rings (SSSR count). The Morgan fingerprint density at radius 3 is 2.54 bits per heavy atom. The molecule has 0 fully saturated rings. The van der Waals surface area contributed by atoms with Crippen LogP contribution in [0.2, 0.25) is 0 Å². The van der Waals surface area contributed by atoms with E-state index in [0.29, 0.717) is 15.7 Å². The number of dihydropyridines is 1. The van der Waals surface area contributed by atoms with Gasteiger partial charge in [0, 0.05) is 33.4 Å². The summed E-state index contributed by atoms with van der Waals surface area (Å²) >= 11 is 1.08. The second-order valence-electron chi connectivity index (χ2n) is 5.88. The molecule has 1 unspecified atom stereocenters. The Morgan fingerprint density at radius 1 is 1.27 bits per heavy atom. The van der Waals surface area contributed by atoms with Crippen LogP contribution < -0.4 is 5.32 Å². The molecule has 0 spiro atoms. The molecule has 138 valence electrons. The topological polar surface area (TPSA) is 112 Å². The minimum Gasteiger partial charge on any atom is -0.344 e. The Labute approximate surface area is 154 Å². The van der Waals surface area contributed by atoms with Crippen molar-refractivity contribution in [2.75, 3.05) is 33.0 Å². The maximum Gasteiger partial charge on any atom is 0.269 e. The Balaban J connectivity index is 1.96. The predicted molar refractivity (Wildman–Crippen MR) is 97.3 cm³/mol. The Hall–Kier alpha value is -2.88. The molecule has 9 nitrogen and oxygen atoms in total. The van der Waals surface area contributed by atoms with E-state index in [2.05, 4.69) is 15.3 Å². The van der Waals surface area contributed by atoms with Crippen LogP contribution in [0.15, 0.2) is 17.1 Å². The highest BCUT2D eigenvalue weighted by molar-refractivity contribution is 7.17. The van der Waals surface area contributed by atoms with Crippen LogP contribution in [-0.2, 0) is 14.4 Å². The van der Waals surface area contributed by atoms with E-state index in [-0.39, 0.29) is 18.4 Å². The first-order chi connectivity index (χ1) is 12.2. The molecule has 0 radical (unpaired) electrons. The zero-order valence-electron chi connectivity index (χ0n) is 14.8. The van der Waals surface area contributed by atoms with Gasteiger partial charge in [-0.05, 0) is 6.92 Å². The number of amides is 4. The highest BCUT2D eigenvalue weighted by Crippen LogP contribution is 2.23. The molecule has 26 heavy (non-hydrogen) atoms. The maximum atomic E-state index is 12.2. The molecular formula is C16H19N5O4S. The van der Waals surface area contributed by atoms with E-state index in [1.165, 1.54) is 35.2 Å². The van der Waals surface area contributed by atoms with Crippen molar-refractivity contribution >= 4 is 46.3 Å². The number of thiazole rings is 1. The van der Waals surface area contributed by atoms with Crippen molar-refractivity contribution in [2.24, 2.45) is 10.9 Å². The van der Waals surface area contributed by atoms with Crippen molar-refractivity contribution in [3.63, 3.8) is 0 Å². The number of likely N-dealkylation sites (N-methyl/N-ethyl adjacent to an activating group) is 1. The summed E-state index contributed by atoms with van der Waals surface area (Å²) in [5, 5.41) is 2.89. The minimum absolute atomic E-state index is 0.189. The molecule has 1 aromatic heterocycles. The monoisotopic (exact) mass is 377 g/mol. The molecule has 2 heterocycles. The van der Waals surface area contributed by atoms with Crippen LogP contribution >= 0.6 is 11.3 Å². The third-order valence-corrected chi connectivity index (χ3v) is 4.55. The normalized spacial score (nSPS) is 15.7. The lowest BCUT2D eigenvalue weighted by Crippen LogP contribution is -2.39. The quantitative estimate of drug-likeness (QED) is 0.795. The lowest BCUT2D eigenvalue weighted by molar-refractivity contribution is -0.134. The molecule has 1 aliphatic heterocycles. The molecular weight excluding hydrogens is 358 g/mol. The van der Waals surface area contributed by atoms with Crippen LogP contribution in [-0.4, -0.2) is 72.3 Å². The second-order valence-corrected chi connectivity index (χ2v) is 6.88. The number of nitrogens with zero attached hydrogens (tertiary/aromatic N) is 4. The lowest BCUT2D eigenvalue weighted by Gasteiger charge is -2.19. The third-order valence-electron chi connectivity index (χ3n) is 3.49. The first kappa shape index (κ1) is 19.4. The molecule has 0 aromatic carbocycles. The zero-order chi connectivity index (χ0) is 19.4. The van der Waals surface area contributed by atoms with E-state index in [1.807, 2.05) is 0 Å². The van der Waals surface area contributed by atoms with Crippen LogP contribution in [0.1, 0.15) is 15.4 Å². The summed E-state index contributed by atoms with van der Waals surface area (Å²) in [6, 6.07) is 0. The summed E-state index contributed by atoms with van der Waals surface area (Å²) in [7, 11) is 4.75. The van der Waals surface area contributed by atoms with Crippen molar-refractivity contribution in [3.05, 3.63) is 22.7 Å². The number of aryl methyl sites for hydroxylation is 1. The van der Waals surface area contributed by atoms with Gasteiger partial charge in [-0.2, -0.15) is 0 Å². The molecule has 1 aromatic rings. The van der Waals surface area contributed by atoms with Gasteiger partial charge in [-0.3, -0.25) is 19.2 Å². The van der Waals surface area contributed by atoms with Gasteiger partial charge in [0.2, 0.25) is 11.8 Å². The molecule has 4 amide bonds. The number of anilines is 1. The average Bonchev–Trinajstić information content (AvgIpc) is 2.93. The molecule has 0 bridgehead atoms. The van der Waals surface area contributed by atoms with Crippen LogP contribution in [0.25, 0.3) is 0 Å². The summed E-state index contributed by atoms with van der Waals surface area (Å²) in [6.45, 7) is 1.50. The highest BCUT2D eigenvalue weighted by atomic mass is 32.1. The SMILES string of the molecule is Cc1nc(NC(=O)CN(C)C(=O)C2C=CC(=O)N=C2)sc1C(=O)N(C)C. The average molecular weight is 377 g/mol. The van der Waals surface area contributed by atoms with Gasteiger partial charge in [-0.25, -0.2) is 9.98 Å². The fourth-order valence-electron chi connectivity index (χ4n) is 2.14. The van der Waals surface area contributed by atoms with Crippen molar-refractivity contribution in [3.8, 4) is 0 Å². The van der Waals surface area contributed by atoms with Crippen LogP contribution in [0, 0.1) is 12.8 Å². The number of nitrogens with one attached hydrogen (secondary N) is 1. The van der Waals surface area contributed by atoms with E-state index in [4.69, 9.17) is 0 Å².